The molecule has 2 heterocycles. The predicted octanol–water partition coefficient (Wildman–Crippen LogP) is 2.84. The number of carbonyl (C=O) groups excluding carboxylic acids is 1. The molecule has 0 saturated carbocycles. The monoisotopic (exact) mass is 450 g/mol. The summed E-state index contributed by atoms with van der Waals surface area (Å²) in [4.78, 5) is 18.7. The van der Waals surface area contributed by atoms with Gasteiger partial charge in [-0.3, -0.25) is 9.78 Å². The number of aromatic nitrogens is 1. The molecular weight excluding hydrogens is 424 g/mol. The van der Waals surface area contributed by atoms with E-state index in [0.717, 1.165) is 31.6 Å². The number of amides is 1. The zero-order chi connectivity index (χ0) is 21.7. The molecule has 0 aliphatic carbocycles. The number of nitrogens with zero attached hydrogens (tertiary/aromatic N) is 3. The fourth-order valence-electron chi connectivity index (χ4n) is 3.50. The van der Waals surface area contributed by atoms with E-state index in [-0.39, 0.29) is 34.8 Å². The number of halogens is 1. The Hall–Kier alpha value is -2.16. The van der Waals surface area contributed by atoms with Gasteiger partial charge < -0.3 is 10.2 Å². The number of rotatable bonds is 7. The molecule has 0 spiro atoms. The van der Waals surface area contributed by atoms with E-state index in [9.17, 15) is 13.2 Å². The predicted molar refractivity (Wildman–Crippen MR) is 118 cm³/mol. The number of pyridine rings is 1. The van der Waals surface area contributed by atoms with E-state index in [1.54, 1.807) is 31.5 Å². The summed E-state index contributed by atoms with van der Waals surface area (Å²) in [6.07, 6.45) is 5.35. The van der Waals surface area contributed by atoms with Crippen LogP contribution in [0.2, 0.25) is 5.02 Å². The number of piperidine rings is 1. The highest BCUT2D eigenvalue weighted by molar-refractivity contribution is 7.89. The van der Waals surface area contributed by atoms with Crippen molar-refractivity contribution in [3.63, 3.8) is 0 Å². The number of aryl methyl sites for hydroxylation is 1. The molecule has 0 atom stereocenters. The number of carbonyl (C=O) groups is 1. The molecule has 1 aliphatic heterocycles. The second-order valence-electron chi connectivity index (χ2n) is 7.50. The maximum atomic E-state index is 12.8. The average molecular weight is 451 g/mol. The van der Waals surface area contributed by atoms with Crippen molar-refractivity contribution in [3.8, 4) is 0 Å². The molecule has 7 nitrogen and oxygen atoms in total. The van der Waals surface area contributed by atoms with Crippen molar-refractivity contribution in [1.82, 2.24) is 14.6 Å². The third kappa shape index (κ3) is 5.30. The van der Waals surface area contributed by atoms with E-state index < -0.39 is 10.0 Å². The first kappa shape index (κ1) is 22.5. The van der Waals surface area contributed by atoms with Crippen LogP contribution in [0.5, 0.6) is 0 Å². The van der Waals surface area contributed by atoms with Crippen LogP contribution in [0.4, 0.5) is 5.69 Å². The minimum absolute atomic E-state index is 0.0653. The number of sulfonamides is 1. The fraction of sp³-hybridized carbons (Fsp3) is 0.429. The number of nitrogens with one attached hydrogen (secondary N) is 1. The number of benzene rings is 1. The molecule has 1 N–H and O–H groups in total. The molecule has 9 heteroatoms. The molecule has 1 amide bonds. The number of hydrogen-bond acceptors (Lipinski definition) is 5. The van der Waals surface area contributed by atoms with Crippen molar-refractivity contribution in [2.75, 3.05) is 31.6 Å². The number of hydrogen-bond donors (Lipinski definition) is 1. The maximum absolute atomic E-state index is 12.8. The summed E-state index contributed by atoms with van der Waals surface area (Å²) in [5, 5.41) is 3.25. The smallest absolute Gasteiger partial charge is 0.244 e. The standard InChI is InChI=1S/C21H27ClN4O3S/c1-16-4-3-5-19(21(16)22)30(28,29)25(2)13-10-20(27)24-17-8-14-26(15-9-17)18-6-11-23-12-7-18/h3-7,11-12,17H,8-10,13-15H2,1-2H3,(H,24,27). The Balaban J connectivity index is 1.48. The Bertz CT molecular complexity index is 977. The molecule has 1 aromatic carbocycles. The largest absolute Gasteiger partial charge is 0.371 e. The Morgan fingerprint density at radius 3 is 2.57 bits per heavy atom. The average Bonchev–Trinajstić information content (AvgIpc) is 2.75. The van der Waals surface area contributed by atoms with Crippen LogP contribution in [0.25, 0.3) is 0 Å². The number of anilines is 1. The van der Waals surface area contributed by atoms with E-state index in [1.165, 1.54) is 17.4 Å². The lowest BCUT2D eigenvalue weighted by Gasteiger charge is -2.34. The quantitative estimate of drug-likeness (QED) is 0.701. The minimum atomic E-state index is -3.75. The summed E-state index contributed by atoms with van der Waals surface area (Å²) in [7, 11) is -2.28. The lowest BCUT2D eigenvalue weighted by molar-refractivity contribution is -0.122. The molecule has 1 saturated heterocycles. The van der Waals surface area contributed by atoms with Gasteiger partial charge in [-0.05, 0) is 43.5 Å². The van der Waals surface area contributed by atoms with Gasteiger partial charge >= 0.3 is 0 Å². The summed E-state index contributed by atoms with van der Waals surface area (Å²) in [5.74, 6) is -0.144. The van der Waals surface area contributed by atoms with Crippen LogP contribution in [0.1, 0.15) is 24.8 Å². The van der Waals surface area contributed by atoms with Crippen LogP contribution in [0.15, 0.2) is 47.6 Å². The highest BCUT2D eigenvalue weighted by Crippen LogP contribution is 2.27. The van der Waals surface area contributed by atoms with Crippen molar-refractivity contribution in [1.29, 1.82) is 0 Å². The highest BCUT2D eigenvalue weighted by atomic mass is 35.5. The van der Waals surface area contributed by atoms with Gasteiger partial charge in [0.2, 0.25) is 15.9 Å². The lowest BCUT2D eigenvalue weighted by atomic mass is 10.0. The summed E-state index contributed by atoms with van der Waals surface area (Å²) in [5.41, 5.74) is 1.83. The maximum Gasteiger partial charge on any atom is 0.244 e. The van der Waals surface area contributed by atoms with Gasteiger partial charge in [0.15, 0.2) is 0 Å². The van der Waals surface area contributed by atoms with Crippen LogP contribution in [-0.4, -0.2) is 56.3 Å². The lowest BCUT2D eigenvalue weighted by Crippen LogP contribution is -2.45. The third-order valence-electron chi connectivity index (χ3n) is 5.39. The molecule has 3 rings (SSSR count). The van der Waals surface area contributed by atoms with Gasteiger partial charge in [0.05, 0.1) is 5.02 Å². The first-order valence-electron chi connectivity index (χ1n) is 9.95. The second-order valence-corrected chi connectivity index (χ2v) is 9.89. The van der Waals surface area contributed by atoms with E-state index in [2.05, 4.69) is 15.2 Å². The normalized spacial score (nSPS) is 15.4. The topological polar surface area (TPSA) is 82.6 Å². The van der Waals surface area contributed by atoms with Crippen molar-refractivity contribution in [3.05, 3.63) is 53.3 Å². The van der Waals surface area contributed by atoms with Crippen molar-refractivity contribution in [2.24, 2.45) is 0 Å². The first-order valence-corrected chi connectivity index (χ1v) is 11.8. The van der Waals surface area contributed by atoms with Crippen LogP contribution in [-0.2, 0) is 14.8 Å². The Morgan fingerprint density at radius 2 is 1.90 bits per heavy atom. The van der Waals surface area contributed by atoms with E-state index in [4.69, 9.17) is 11.6 Å². The molecule has 1 aliphatic rings. The zero-order valence-electron chi connectivity index (χ0n) is 17.2. The first-order chi connectivity index (χ1) is 14.3. The van der Waals surface area contributed by atoms with Crippen LogP contribution >= 0.6 is 11.6 Å². The van der Waals surface area contributed by atoms with Crippen molar-refractivity contribution in [2.45, 2.75) is 37.1 Å². The van der Waals surface area contributed by atoms with Gasteiger partial charge in [-0.25, -0.2) is 12.7 Å². The molecule has 1 fully saturated rings. The molecule has 30 heavy (non-hydrogen) atoms. The molecule has 1 aromatic heterocycles. The molecule has 0 bridgehead atoms. The SMILES string of the molecule is Cc1cccc(S(=O)(=O)N(C)CCC(=O)NC2CCN(c3ccncc3)CC2)c1Cl. The molecule has 2 aromatic rings. The van der Waals surface area contributed by atoms with Crippen LogP contribution in [0, 0.1) is 6.92 Å². The van der Waals surface area contributed by atoms with Gasteiger partial charge in [-0.2, -0.15) is 0 Å². The van der Waals surface area contributed by atoms with Gasteiger partial charge in [-0.1, -0.05) is 23.7 Å². The Labute approximate surface area is 183 Å². The molecule has 0 unspecified atom stereocenters. The van der Waals surface area contributed by atoms with Crippen molar-refractivity contribution >= 4 is 33.2 Å². The third-order valence-corrected chi connectivity index (χ3v) is 7.90. The summed E-state index contributed by atoms with van der Waals surface area (Å²) in [6, 6.07) is 8.97. The van der Waals surface area contributed by atoms with Gasteiger partial charge in [0.1, 0.15) is 4.90 Å². The van der Waals surface area contributed by atoms with E-state index in [0.29, 0.717) is 5.56 Å². The zero-order valence-corrected chi connectivity index (χ0v) is 18.8. The Morgan fingerprint density at radius 1 is 1.23 bits per heavy atom. The molecule has 162 valence electrons. The van der Waals surface area contributed by atoms with Gasteiger partial charge in [0.25, 0.3) is 0 Å². The van der Waals surface area contributed by atoms with Crippen LogP contribution in [0.3, 0.4) is 0 Å². The second kappa shape index (κ2) is 9.76. The summed E-state index contributed by atoms with van der Waals surface area (Å²) in [6.45, 7) is 3.56. The van der Waals surface area contributed by atoms with Gasteiger partial charge in [0, 0.05) is 57.2 Å². The molecular formula is C21H27ClN4O3S. The van der Waals surface area contributed by atoms with Crippen LogP contribution < -0.4 is 10.2 Å². The Kier molecular flexibility index (Phi) is 7.33. The van der Waals surface area contributed by atoms with Crippen molar-refractivity contribution < 1.29 is 13.2 Å². The highest BCUT2D eigenvalue weighted by Gasteiger charge is 2.25. The summed E-state index contributed by atoms with van der Waals surface area (Å²) >= 11 is 6.18. The van der Waals surface area contributed by atoms with Gasteiger partial charge in [-0.15, -0.1) is 0 Å². The fourth-order valence-corrected chi connectivity index (χ4v) is 5.23. The minimum Gasteiger partial charge on any atom is -0.371 e. The summed E-state index contributed by atoms with van der Waals surface area (Å²) < 4.78 is 26.7. The van der Waals surface area contributed by atoms with E-state index >= 15 is 0 Å². The van der Waals surface area contributed by atoms with E-state index in [1.807, 2.05) is 12.1 Å². The molecule has 0 radical (unpaired) electrons.